The van der Waals surface area contributed by atoms with Crippen molar-refractivity contribution in [3.63, 3.8) is 0 Å². The summed E-state index contributed by atoms with van der Waals surface area (Å²) in [6, 6.07) is 1.75. The van der Waals surface area contributed by atoms with Crippen molar-refractivity contribution in [3.8, 4) is 6.07 Å². The molecule has 0 atom stereocenters. The lowest BCUT2D eigenvalue weighted by molar-refractivity contribution is 0.0568. The first kappa shape index (κ1) is 12.9. The van der Waals surface area contributed by atoms with Gasteiger partial charge in [-0.15, -0.1) is 0 Å². The predicted octanol–water partition coefficient (Wildman–Crippen LogP) is 1.07. The Morgan fingerprint density at radius 3 is 1.58 bits per heavy atom. The second-order valence-electron chi connectivity index (χ2n) is 1.23. The van der Waals surface area contributed by atoms with E-state index in [1.165, 1.54) is 6.92 Å². The summed E-state index contributed by atoms with van der Waals surface area (Å²) in [6.07, 6.45) is -2.16. The van der Waals surface area contributed by atoms with Crippen LogP contribution in [0.2, 0.25) is 0 Å². The number of carbonyl (C=O) groups is 2. The first-order valence-corrected chi connectivity index (χ1v) is 2.76. The van der Waals surface area contributed by atoms with E-state index in [0.29, 0.717) is 0 Å². The zero-order valence-electron chi connectivity index (χ0n) is 6.99. The number of hydrogen-bond acceptors (Lipinski definition) is 6. The Morgan fingerprint density at radius 2 is 1.42 bits per heavy atom. The van der Waals surface area contributed by atoms with Crippen molar-refractivity contribution in [2.45, 2.75) is 6.92 Å². The first-order valence-electron chi connectivity index (χ1n) is 2.76. The van der Waals surface area contributed by atoms with Crippen LogP contribution in [-0.4, -0.2) is 26.5 Å². The maximum absolute atomic E-state index is 10.0. The Labute approximate surface area is 69.6 Å². The van der Waals surface area contributed by atoms with Crippen molar-refractivity contribution >= 4 is 12.3 Å². The highest BCUT2D eigenvalue weighted by Gasteiger charge is 2.07. The maximum atomic E-state index is 10.0. The van der Waals surface area contributed by atoms with Gasteiger partial charge in [-0.3, -0.25) is 0 Å². The van der Waals surface area contributed by atoms with Crippen LogP contribution in [0.15, 0.2) is 0 Å². The van der Waals surface area contributed by atoms with Crippen molar-refractivity contribution in [2.24, 2.45) is 0 Å². The quantitative estimate of drug-likeness (QED) is 0.404. The van der Waals surface area contributed by atoms with E-state index in [1.54, 1.807) is 6.07 Å². The van der Waals surface area contributed by atoms with E-state index in [1.807, 2.05) is 0 Å². The summed E-state index contributed by atoms with van der Waals surface area (Å²) in [6.45, 7) is 1.43. The number of rotatable bonds is 0. The monoisotopic (exact) mass is 175 g/mol. The van der Waals surface area contributed by atoms with Gasteiger partial charge in [0.2, 0.25) is 0 Å². The van der Waals surface area contributed by atoms with Gasteiger partial charge >= 0.3 is 12.3 Å². The van der Waals surface area contributed by atoms with Gasteiger partial charge in [0.15, 0.2) is 0 Å². The fourth-order valence-electron chi connectivity index (χ4n) is 0.151. The van der Waals surface area contributed by atoms with Gasteiger partial charge < -0.3 is 14.2 Å². The molecule has 0 aromatic heterocycles. The Hall–Kier alpha value is -1.77. The van der Waals surface area contributed by atoms with Crippen LogP contribution in [-0.2, 0) is 14.2 Å². The molecule has 0 saturated heterocycles. The highest BCUT2D eigenvalue weighted by atomic mass is 16.8. The SMILES string of the molecule is CC#N.COC(=O)OC(=O)OC. The van der Waals surface area contributed by atoms with Crippen molar-refractivity contribution in [3.05, 3.63) is 0 Å². The van der Waals surface area contributed by atoms with Crippen LogP contribution in [0.4, 0.5) is 9.59 Å². The molecular weight excluding hydrogens is 166 g/mol. The molecule has 0 saturated carbocycles. The summed E-state index contributed by atoms with van der Waals surface area (Å²) in [5.41, 5.74) is 0. The van der Waals surface area contributed by atoms with E-state index >= 15 is 0 Å². The van der Waals surface area contributed by atoms with E-state index < -0.39 is 12.3 Å². The van der Waals surface area contributed by atoms with Crippen molar-refractivity contribution in [2.75, 3.05) is 14.2 Å². The lowest BCUT2D eigenvalue weighted by Crippen LogP contribution is -2.11. The number of nitriles is 1. The largest absolute Gasteiger partial charge is 0.518 e. The van der Waals surface area contributed by atoms with Crippen molar-refractivity contribution in [1.82, 2.24) is 0 Å². The van der Waals surface area contributed by atoms with Crippen LogP contribution in [0.3, 0.4) is 0 Å². The number of nitrogens with zero attached hydrogens (tertiary/aromatic N) is 1. The zero-order valence-corrected chi connectivity index (χ0v) is 6.99. The van der Waals surface area contributed by atoms with Gasteiger partial charge in [0.1, 0.15) is 0 Å². The van der Waals surface area contributed by atoms with Crippen LogP contribution in [0.25, 0.3) is 0 Å². The third-order valence-corrected chi connectivity index (χ3v) is 0.500. The molecule has 0 aromatic rings. The minimum atomic E-state index is -1.08. The Kier molecular flexibility index (Phi) is 9.90. The van der Waals surface area contributed by atoms with E-state index in [2.05, 4.69) is 14.2 Å². The van der Waals surface area contributed by atoms with Crippen LogP contribution < -0.4 is 0 Å². The number of ether oxygens (including phenoxy) is 3. The molecule has 0 spiro atoms. The minimum Gasteiger partial charge on any atom is -0.437 e. The molecule has 68 valence electrons. The second kappa shape index (κ2) is 9.23. The van der Waals surface area contributed by atoms with Gasteiger partial charge in [-0.05, 0) is 0 Å². The maximum Gasteiger partial charge on any atom is 0.518 e. The van der Waals surface area contributed by atoms with Crippen LogP contribution in [0.5, 0.6) is 0 Å². The summed E-state index contributed by atoms with van der Waals surface area (Å²) in [4.78, 5) is 20.1. The summed E-state index contributed by atoms with van der Waals surface area (Å²) in [5.74, 6) is 0. The first-order chi connectivity index (χ1) is 5.62. The molecule has 0 radical (unpaired) electrons. The summed E-state index contributed by atoms with van der Waals surface area (Å²) in [7, 11) is 2.18. The van der Waals surface area contributed by atoms with E-state index in [4.69, 9.17) is 5.26 Å². The molecule has 12 heavy (non-hydrogen) atoms. The Bertz CT molecular complexity index is 169. The molecule has 0 unspecified atom stereocenters. The second-order valence-corrected chi connectivity index (χ2v) is 1.23. The van der Waals surface area contributed by atoms with E-state index in [9.17, 15) is 9.59 Å². The highest BCUT2D eigenvalue weighted by molar-refractivity contribution is 5.76. The smallest absolute Gasteiger partial charge is 0.437 e. The van der Waals surface area contributed by atoms with Crippen molar-refractivity contribution < 1.29 is 23.8 Å². The molecule has 0 N–H and O–H groups in total. The van der Waals surface area contributed by atoms with Gasteiger partial charge in [0.05, 0.1) is 20.3 Å². The average molecular weight is 175 g/mol. The molecule has 0 bridgehead atoms. The molecule has 6 nitrogen and oxygen atoms in total. The van der Waals surface area contributed by atoms with Gasteiger partial charge in [0, 0.05) is 6.92 Å². The Morgan fingerprint density at radius 1 is 1.17 bits per heavy atom. The number of hydrogen-bond donors (Lipinski definition) is 0. The number of carbonyl (C=O) groups excluding carboxylic acids is 2. The number of methoxy groups -OCH3 is 2. The van der Waals surface area contributed by atoms with Gasteiger partial charge in [-0.25, -0.2) is 9.59 Å². The molecular formula is C6H9NO5. The zero-order chi connectivity index (χ0) is 9.98. The lowest BCUT2D eigenvalue weighted by Gasteiger charge is -1.96. The fourth-order valence-corrected chi connectivity index (χ4v) is 0.151. The fraction of sp³-hybridized carbons (Fsp3) is 0.500. The van der Waals surface area contributed by atoms with Crippen LogP contribution >= 0.6 is 0 Å². The molecule has 0 rings (SSSR count). The molecule has 0 amide bonds. The van der Waals surface area contributed by atoms with Gasteiger partial charge in [-0.1, -0.05) is 0 Å². The summed E-state index contributed by atoms with van der Waals surface area (Å²) >= 11 is 0. The van der Waals surface area contributed by atoms with E-state index in [-0.39, 0.29) is 0 Å². The van der Waals surface area contributed by atoms with Crippen LogP contribution in [0, 0.1) is 11.3 Å². The highest BCUT2D eigenvalue weighted by Crippen LogP contribution is 1.85. The summed E-state index contributed by atoms with van der Waals surface area (Å²) in [5, 5.41) is 7.32. The summed E-state index contributed by atoms with van der Waals surface area (Å²) < 4.78 is 11.7. The molecule has 0 aliphatic heterocycles. The molecule has 0 aromatic carbocycles. The Balaban J connectivity index is 0. The lowest BCUT2D eigenvalue weighted by atomic mass is 11.0. The normalized spacial score (nSPS) is 6.50. The molecule has 0 heterocycles. The molecule has 6 heteroatoms. The third kappa shape index (κ3) is 11.1. The molecule has 0 aliphatic carbocycles. The topological polar surface area (TPSA) is 85.6 Å². The average Bonchev–Trinajstić information content (AvgIpc) is 2.05. The predicted molar refractivity (Wildman–Crippen MR) is 37.2 cm³/mol. The van der Waals surface area contributed by atoms with Gasteiger partial charge in [-0.2, -0.15) is 5.26 Å². The van der Waals surface area contributed by atoms with Gasteiger partial charge in [0.25, 0.3) is 0 Å². The van der Waals surface area contributed by atoms with E-state index in [0.717, 1.165) is 14.2 Å². The standard InChI is InChI=1S/C4H6O5.C2H3N/c1-7-3(5)9-4(6)8-2;1-2-3/h1-2H3;1H3. The minimum absolute atomic E-state index is 1.08. The third-order valence-electron chi connectivity index (χ3n) is 0.500. The van der Waals surface area contributed by atoms with Crippen molar-refractivity contribution in [1.29, 1.82) is 5.26 Å². The van der Waals surface area contributed by atoms with Crippen LogP contribution in [0.1, 0.15) is 6.92 Å². The molecule has 0 aliphatic rings. The molecule has 0 fully saturated rings.